The average molecular weight is 339 g/mol. The molecule has 2 N–H and O–H groups in total. The van der Waals surface area contributed by atoms with Crippen molar-refractivity contribution in [3.63, 3.8) is 0 Å². The zero-order chi connectivity index (χ0) is 17.6. The van der Waals surface area contributed by atoms with E-state index >= 15 is 0 Å². The lowest BCUT2D eigenvalue weighted by Crippen LogP contribution is -2.35. The highest BCUT2D eigenvalue weighted by Gasteiger charge is 2.19. The maximum atomic E-state index is 12.1. The second-order valence-corrected chi connectivity index (χ2v) is 5.86. The second kappa shape index (κ2) is 7.70. The number of piperidine rings is 1. The number of nitrogens with zero attached hydrogens (tertiary/aromatic N) is 1. The van der Waals surface area contributed by atoms with Crippen LogP contribution in [-0.4, -0.2) is 25.6 Å². The second-order valence-electron chi connectivity index (χ2n) is 5.86. The van der Waals surface area contributed by atoms with Gasteiger partial charge >= 0.3 is 6.03 Å². The van der Waals surface area contributed by atoms with Crippen LogP contribution in [0.4, 0.5) is 21.9 Å². The maximum Gasteiger partial charge on any atom is 0.323 e. The topological polar surface area (TPSA) is 70.7 Å². The highest BCUT2D eigenvalue weighted by atomic mass is 16.5. The van der Waals surface area contributed by atoms with Crippen LogP contribution < -0.4 is 20.3 Å². The summed E-state index contributed by atoms with van der Waals surface area (Å²) in [6.07, 6.45) is 2.58. The monoisotopic (exact) mass is 339 g/mol. The molecule has 3 amide bonds. The largest absolute Gasteiger partial charge is 0.497 e. The quantitative estimate of drug-likeness (QED) is 0.889. The van der Waals surface area contributed by atoms with Crippen LogP contribution >= 0.6 is 0 Å². The molecular formula is C19H21N3O3. The molecule has 1 heterocycles. The van der Waals surface area contributed by atoms with Gasteiger partial charge in [-0.1, -0.05) is 0 Å². The third-order valence-corrected chi connectivity index (χ3v) is 4.11. The molecule has 6 heteroatoms. The fourth-order valence-corrected chi connectivity index (χ4v) is 2.77. The molecule has 6 nitrogen and oxygen atoms in total. The number of hydrogen-bond acceptors (Lipinski definition) is 3. The van der Waals surface area contributed by atoms with E-state index in [1.54, 1.807) is 48.4 Å². The van der Waals surface area contributed by atoms with E-state index in [1.165, 1.54) is 0 Å². The molecule has 0 radical (unpaired) electrons. The minimum absolute atomic E-state index is 0.157. The molecule has 2 aromatic carbocycles. The Kier molecular flexibility index (Phi) is 5.18. The fraction of sp³-hybridized carbons (Fsp3) is 0.263. The number of rotatable bonds is 4. The molecule has 1 aliphatic heterocycles. The Balaban J connectivity index is 1.58. The van der Waals surface area contributed by atoms with Crippen LogP contribution in [0, 0.1) is 0 Å². The number of carbonyl (C=O) groups excluding carboxylic acids is 2. The predicted molar refractivity (Wildman–Crippen MR) is 98.3 cm³/mol. The number of hydrogen-bond donors (Lipinski definition) is 2. The van der Waals surface area contributed by atoms with Crippen LogP contribution in [0.2, 0.25) is 0 Å². The molecule has 2 aromatic rings. The van der Waals surface area contributed by atoms with Gasteiger partial charge in [0.15, 0.2) is 0 Å². The first-order valence-corrected chi connectivity index (χ1v) is 8.28. The van der Waals surface area contributed by atoms with Gasteiger partial charge in [0.25, 0.3) is 0 Å². The number of amides is 3. The van der Waals surface area contributed by atoms with Gasteiger partial charge < -0.3 is 20.3 Å². The zero-order valence-corrected chi connectivity index (χ0v) is 14.1. The van der Waals surface area contributed by atoms with Gasteiger partial charge in [-0.2, -0.15) is 0 Å². The highest BCUT2D eigenvalue weighted by Crippen LogP contribution is 2.23. The Hall–Kier alpha value is -3.02. The van der Waals surface area contributed by atoms with Crippen molar-refractivity contribution in [1.29, 1.82) is 0 Å². The molecule has 0 saturated carbocycles. The minimum atomic E-state index is -0.327. The number of methoxy groups -OCH3 is 1. The van der Waals surface area contributed by atoms with E-state index in [2.05, 4.69) is 10.6 Å². The summed E-state index contributed by atoms with van der Waals surface area (Å²) in [7, 11) is 1.59. The molecule has 130 valence electrons. The number of carbonyl (C=O) groups is 2. The predicted octanol–water partition coefficient (Wildman–Crippen LogP) is 3.86. The lowest BCUT2D eigenvalue weighted by atomic mass is 10.1. The first-order chi connectivity index (χ1) is 12.2. The van der Waals surface area contributed by atoms with Gasteiger partial charge in [-0.25, -0.2) is 4.79 Å². The van der Waals surface area contributed by atoms with Gasteiger partial charge in [-0.3, -0.25) is 4.79 Å². The Bertz CT molecular complexity index is 742. The highest BCUT2D eigenvalue weighted by molar-refractivity contribution is 6.00. The van der Waals surface area contributed by atoms with E-state index in [0.717, 1.165) is 30.8 Å². The number of urea groups is 1. The summed E-state index contributed by atoms with van der Waals surface area (Å²) in [6.45, 7) is 0.754. The van der Waals surface area contributed by atoms with Crippen molar-refractivity contribution in [2.75, 3.05) is 29.2 Å². The van der Waals surface area contributed by atoms with Crippen LogP contribution in [0.1, 0.15) is 19.3 Å². The van der Waals surface area contributed by atoms with E-state index in [9.17, 15) is 9.59 Å². The van der Waals surface area contributed by atoms with Gasteiger partial charge in [0.1, 0.15) is 5.75 Å². The average Bonchev–Trinajstić information content (AvgIpc) is 2.63. The molecule has 0 spiro atoms. The SMILES string of the molecule is COc1ccc(NC(=O)Nc2ccc(N3CCCCC3=O)cc2)cc1. The van der Waals surface area contributed by atoms with Gasteiger partial charge in [0.2, 0.25) is 5.91 Å². The molecule has 1 saturated heterocycles. The van der Waals surface area contributed by atoms with Crippen molar-refractivity contribution in [2.24, 2.45) is 0 Å². The van der Waals surface area contributed by atoms with Crippen molar-refractivity contribution in [2.45, 2.75) is 19.3 Å². The standard InChI is InChI=1S/C19H21N3O3/c1-25-17-11-7-15(8-12-17)21-19(24)20-14-5-9-16(10-6-14)22-13-3-2-4-18(22)23/h5-12H,2-4,13H2,1H3,(H2,20,21,24). The van der Waals surface area contributed by atoms with Crippen molar-refractivity contribution in [3.8, 4) is 5.75 Å². The van der Waals surface area contributed by atoms with Crippen LogP contribution in [0.25, 0.3) is 0 Å². The summed E-state index contributed by atoms with van der Waals surface area (Å²) in [4.78, 5) is 25.8. The van der Waals surface area contributed by atoms with Crippen molar-refractivity contribution in [1.82, 2.24) is 0 Å². The first-order valence-electron chi connectivity index (χ1n) is 8.28. The summed E-state index contributed by atoms with van der Waals surface area (Å²) < 4.78 is 5.08. The van der Waals surface area contributed by atoms with Gasteiger partial charge in [0, 0.05) is 30.0 Å². The molecule has 25 heavy (non-hydrogen) atoms. The third kappa shape index (κ3) is 4.29. The van der Waals surface area contributed by atoms with E-state index in [0.29, 0.717) is 17.8 Å². The Labute approximate surface area is 146 Å². The summed E-state index contributed by atoms with van der Waals surface area (Å²) in [5.41, 5.74) is 2.21. The molecule has 0 bridgehead atoms. The number of benzene rings is 2. The maximum absolute atomic E-state index is 12.1. The first kappa shape index (κ1) is 16.8. The van der Waals surface area contributed by atoms with Gasteiger partial charge in [0.05, 0.1) is 7.11 Å². The van der Waals surface area contributed by atoms with E-state index in [4.69, 9.17) is 4.74 Å². The molecule has 0 unspecified atom stereocenters. The fourth-order valence-electron chi connectivity index (χ4n) is 2.77. The summed E-state index contributed by atoms with van der Waals surface area (Å²) in [6, 6.07) is 14.1. The third-order valence-electron chi connectivity index (χ3n) is 4.11. The molecule has 0 atom stereocenters. The molecule has 1 fully saturated rings. The molecule has 0 aliphatic carbocycles. The van der Waals surface area contributed by atoms with Crippen LogP contribution in [0.5, 0.6) is 5.75 Å². The minimum Gasteiger partial charge on any atom is -0.497 e. The lowest BCUT2D eigenvalue weighted by molar-refractivity contribution is -0.119. The van der Waals surface area contributed by atoms with Gasteiger partial charge in [-0.05, 0) is 61.4 Å². The lowest BCUT2D eigenvalue weighted by Gasteiger charge is -2.26. The Morgan fingerprint density at radius 1 is 0.960 bits per heavy atom. The van der Waals surface area contributed by atoms with Crippen molar-refractivity contribution in [3.05, 3.63) is 48.5 Å². The van der Waals surface area contributed by atoms with E-state index < -0.39 is 0 Å². The molecule has 3 rings (SSSR count). The Morgan fingerprint density at radius 2 is 1.56 bits per heavy atom. The number of ether oxygens (including phenoxy) is 1. The zero-order valence-electron chi connectivity index (χ0n) is 14.1. The smallest absolute Gasteiger partial charge is 0.323 e. The summed E-state index contributed by atoms with van der Waals surface area (Å²) in [5.74, 6) is 0.887. The van der Waals surface area contributed by atoms with Crippen molar-refractivity contribution >= 4 is 29.0 Å². The molecule has 1 aliphatic rings. The number of nitrogens with one attached hydrogen (secondary N) is 2. The van der Waals surface area contributed by atoms with Crippen LogP contribution in [0.3, 0.4) is 0 Å². The number of anilines is 3. The molecular weight excluding hydrogens is 318 g/mol. The molecule has 0 aromatic heterocycles. The van der Waals surface area contributed by atoms with Gasteiger partial charge in [-0.15, -0.1) is 0 Å². The van der Waals surface area contributed by atoms with Crippen molar-refractivity contribution < 1.29 is 14.3 Å². The van der Waals surface area contributed by atoms with Crippen LogP contribution in [-0.2, 0) is 4.79 Å². The van der Waals surface area contributed by atoms with Crippen LogP contribution in [0.15, 0.2) is 48.5 Å². The normalized spacial score (nSPS) is 14.1. The Morgan fingerprint density at radius 3 is 2.12 bits per heavy atom. The van der Waals surface area contributed by atoms with E-state index in [1.807, 2.05) is 12.1 Å². The summed E-state index contributed by atoms with van der Waals surface area (Å²) >= 11 is 0. The summed E-state index contributed by atoms with van der Waals surface area (Å²) in [5, 5.41) is 5.53. The van der Waals surface area contributed by atoms with E-state index in [-0.39, 0.29) is 11.9 Å².